The molecule has 12 rings (SSSR count). The van der Waals surface area contributed by atoms with Crippen molar-refractivity contribution < 1.29 is 67.7 Å². The van der Waals surface area contributed by atoms with E-state index in [0.717, 1.165) is 18.2 Å². The van der Waals surface area contributed by atoms with Crippen LogP contribution in [0.15, 0.2) is 178 Å². The number of para-hydroxylation sites is 3. The third-order valence-corrected chi connectivity index (χ3v) is 15.4. The van der Waals surface area contributed by atoms with Crippen LogP contribution in [0.5, 0.6) is 0 Å². The Bertz CT molecular complexity index is 3850. The van der Waals surface area contributed by atoms with Gasteiger partial charge in [0.05, 0.1) is 48.3 Å². The number of rotatable bonds is 6. The quantitative estimate of drug-likeness (QED) is 0.0971. The third kappa shape index (κ3) is 9.37. The van der Waals surface area contributed by atoms with Gasteiger partial charge in [-0.3, -0.25) is 43.7 Å². The molecule has 0 aliphatic heterocycles. The number of nitrogens with zero attached hydrogens (tertiary/aromatic N) is 3. The van der Waals surface area contributed by atoms with Gasteiger partial charge < -0.3 is 13.7 Å². The minimum atomic E-state index is -4.73. The maximum Gasteiger partial charge on any atom is 3.00 e. The van der Waals surface area contributed by atoms with E-state index in [1.807, 2.05) is 0 Å². The van der Waals surface area contributed by atoms with Gasteiger partial charge in [0.25, 0.3) is 0 Å². The van der Waals surface area contributed by atoms with Crippen molar-refractivity contribution in [2.45, 2.75) is 32.4 Å². The summed E-state index contributed by atoms with van der Waals surface area (Å²) in [7, 11) is -14.2. The molecule has 6 aromatic carbocycles. The second-order valence-corrected chi connectivity index (χ2v) is 21.2. The molecule has 18 nitrogen and oxygen atoms in total. The molecule has 9 aromatic rings. The van der Waals surface area contributed by atoms with Crippen LogP contribution in [0.4, 0.5) is 0 Å². The molecule has 0 radical (unpaired) electrons. The van der Waals surface area contributed by atoms with Crippen molar-refractivity contribution in [3.8, 4) is 0 Å². The van der Waals surface area contributed by atoms with Gasteiger partial charge in [0.15, 0.2) is 34.7 Å². The van der Waals surface area contributed by atoms with E-state index in [1.165, 1.54) is 36.4 Å². The maximum absolute atomic E-state index is 12.6. The van der Waals surface area contributed by atoms with E-state index in [0.29, 0.717) is 49.5 Å². The SMILES string of the molecule is O=C1c2ccccc2C(=O)C1c1ccc2cccc(S(=O)(=O)[O-])c2n1.O=C1c2ccccc2C(=O)C1c1ccc2cccc(S(=O)(=O)[O-])c2n1.O=C1c2ccccc2C(=O)C1c1ccc2cccc(S(=O)(=O)[O-])c2n1.[Al+3]. The Morgan fingerprint density at radius 2 is 0.500 bits per heavy atom. The number of hydrogen-bond donors (Lipinski definition) is 0. The Morgan fingerprint density at radius 3 is 0.697 bits per heavy atom. The van der Waals surface area contributed by atoms with Gasteiger partial charge in [-0.15, -0.1) is 0 Å². The zero-order valence-corrected chi connectivity index (χ0v) is 42.2. The molecule has 3 aliphatic rings. The molecule has 0 fully saturated rings. The molecule has 0 atom stereocenters. The Morgan fingerprint density at radius 1 is 0.289 bits per heavy atom. The molecule has 0 saturated heterocycles. The molecule has 22 heteroatoms. The number of fused-ring (bicyclic) bond motifs is 6. The summed E-state index contributed by atoms with van der Waals surface area (Å²) in [6, 6.07) is 41.3. The second-order valence-electron chi connectivity index (χ2n) is 17.2. The number of hydrogen-bond acceptors (Lipinski definition) is 18. The first kappa shape index (κ1) is 52.7. The second kappa shape index (κ2) is 19.8. The maximum atomic E-state index is 12.6. The van der Waals surface area contributed by atoms with Crippen LogP contribution in [0, 0.1) is 0 Å². The fourth-order valence-electron chi connectivity index (χ4n) is 9.33. The van der Waals surface area contributed by atoms with Crippen molar-refractivity contribution in [3.05, 3.63) is 214 Å². The normalized spacial score (nSPS) is 14.7. The van der Waals surface area contributed by atoms with Crippen LogP contribution in [0.1, 0.15) is 97.0 Å². The summed E-state index contributed by atoms with van der Waals surface area (Å²) >= 11 is 0. The molecule has 0 saturated carbocycles. The van der Waals surface area contributed by atoms with Gasteiger partial charge in [0.2, 0.25) is 0 Å². The predicted octanol–water partition coefficient (Wildman–Crippen LogP) is 6.52. The fourth-order valence-corrected chi connectivity index (χ4v) is 11.3. The first-order chi connectivity index (χ1) is 35.6. The topological polar surface area (TPSA) is 313 Å². The van der Waals surface area contributed by atoms with E-state index in [2.05, 4.69) is 15.0 Å². The Balaban J connectivity index is 0.000000138. The van der Waals surface area contributed by atoms with Crippen molar-refractivity contribution in [1.29, 1.82) is 0 Å². The Kier molecular flexibility index (Phi) is 13.8. The molecule has 372 valence electrons. The van der Waals surface area contributed by atoms with Gasteiger partial charge in [-0.25, -0.2) is 25.3 Å². The summed E-state index contributed by atoms with van der Waals surface area (Å²) in [6.07, 6.45) is 0. The van der Waals surface area contributed by atoms with Crippen LogP contribution in [-0.4, -0.2) is 106 Å². The molecule has 0 N–H and O–H groups in total. The molecule has 76 heavy (non-hydrogen) atoms. The molecule has 0 amide bonds. The van der Waals surface area contributed by atoms with Crippen LogP contribution in [0.25, 0.3) is 32.7 Å². The van der Waals surface area contributed by atoms with Gasteiger partial charge >= 0.3 is 17.4 Å². The predicted molar refractivity (Wildman–Crippen MR) is 268 cm³/mol. The molecular weight excluding hydrogens is 1050 g/mol. The Labute approximate surface area is 441 Å². The fraction of sp³-hybridized carbons (Fsp3) is 0.0556. The number of benzene rings is 6. The molecule has 3 aromatic heterocycles. The average Bonchev–Trinajstić information content (AvgIpc) is 3.94. The number of Topliss-reactive ketones (excluding diaryl/α,β-unsaturated/α-hetero) is 6. The first-order valence-corrected chi connectivity index (χ1v) is 26.4. The van der Waals surface area contributed by atoms with Crippen LogP contribution in [0.3, 0.4) is 0 Å². The first-order valence-electron chi connectivity index (χ1n) is 22.2. The van der Waals surface area contributed by atoms with Crippen molar-refractivity contribution >= 4 is 115 Å². The molecule has 0 unspecified atom stereocenters. The summed E-state index contributed by atoms with van der Waals surface area (Å²) in [5, 5.41) is 1.32. The van der Waals surface area contributed by atoms with Crippen LogP contribution < -0.4 is 0 Å². The molecule has 0 spiro atoms. The van der Waals surface area contributed by atoms with E-state index >= 15 is 0 Å². The van der Waals surface area contributed by atoms with Crippen molar-refractivity contribution in [2.75, 3.05) is 0 Å². The van der Waals surface area contributed by atoms with E-state index < -0.39 is 62.8 Å². The average molecular weight is 1080 g/mol. The zero-order chi connectivity index (χ0) is 53.3. The number of pyridine rings is 3. The Hall–Kier alpha value is -8.17. The van der Waals surface area contributed by atoms with Crippen LogP contribution >= 0.6 is 0 Å². The molecule has 0 bridgehead atoms. The monoisotopic (exact) mass is 1080 g/mol. The van der Waals surface area contributed by atoms with Gasteiger partial charge in [-0.05, 0) is 36.4 Å². The number of ketones is 6. The third-order valence-electron chi connectivity index (χ3n) is 12.8. The van der Waals surface area contributed by atoms with Gasteiger partial charge in [0.1, 0.15) is 48.1 Å². The van der Waals surface area contributed by atoms with Gasteiger partial charge in [-0.2, -0.15) is 0 Å². The van der Waals surface area contributed by atoms with Crippen molar-refractivity contribution in [3.63, 3.8) is 0 Å². The van der Waals surface area contributed by atoms with Crippen LogP contribution in [0.2, 0.25) is 0 Å². The van der Waals surface area contributed by atoms with E-state index in [-0.39, 0.29) is 85.7 Å². The van der Waals surface area contributed by atoms with Gasteiger partial charge in [-0.1, -0.05) is 127 Å². The van der Waals surface area contributed by atoms with Crippen molar-refractivity contribution in [1.82, 2.24) is 15.0 Å². The number of carbonyl (C=O) groups is 6. The van der Waals surface area contributed by atoms with E-state index in [1.54, 1.807) is 109 Å². The minimum absolute atomic E-state index is 0. The molecule has 3 aliphatic carbocycles. The zero-order valence-electron chi connectivity index (χ0n) is 38.6. The number of carbonyl (C=O) groups excluding carboxylic acids is 6. The summed E-state index contributed by atoms with van der Waals surface area (Å²) in [4.78, 5) is 86.7. The summed E-state index contributed by atoms with van der Waals surface area (Å²) in [6.45, 7) is 0. The summed E-state index contributed by atoms with van der Waals surface area (Å²) < 4.78 is 103. The van der Waals surface area contributed by atoms with Crippen molar-refractivity contribution in [2.24, 2.45) is 0 Å². The largest absolute Gasteiger partial charge is 3.00 e. The summed E-state index contributed by atoms with van der Waals surface area (Å²) in [5.74, 6) is -5.64. The number of aromatic nitrogens is 3. The van der Waals surface area contributed by atoms with Crippen LogP contribution in [-0.2, 0) is 30.4 Å². The van der Waals surface area contributed by atoms with E-state index in [4.69, 9.17) is 0 Å². The minimum Gasteiger partial charge on any atom is -0.744 e. The molecule has 3 heterocycles. The molecular formula is C54H30AlN3O15S3. The smallest absolute Gasteiger partial charge is 0.744 e. The summed E-state index contributed by atoms with van der Waals surface area (Å²) in [5.41, 5.74) is 2.24. The van der Waals surface area contributed by atoms with Gasteiger partial charge in [0, 0.05) is 49.5 Å². The standard InChI is InChI=1S/3C18H11NO5S.Al/c3*20-17-11-5-1-2-6-12(11)18(21)15(17)13-9-8-10-4-3-7-14(16(10)19-13)25(22,23)24;/h3*1-9,15H,(H,22,23,24);/q;;;+3/p-3. The van der Waals surface area contributed by atoms with E-state index in [9.17, 15) is 67.7 Å².